The molecular formula is C29H39N5O5. The third-order valence-electron chi connectivity index (χ3n) is 7.37. The lowest BCUT2D eigenvalue weighted by molar-refractivity contribution is 0.0809. The molecule has 0 saturated carbocycles. The molecule has 10 heteroatoms. The number of aryl methyl sites for hydroxylation is 2. The fraction of sp³-hybridized carbons (Fsp3) is 0.517. The Kier molecular flexibility index (Phi) is 9.19. The van der Waals surface area contributed by atoms with Crippen molar-refractivity contribution in [1.82, 2.24) is 25.3 Å². The van der Waals surface area contributed by atoms with Crippen LogP contribution in [-0.4, -0.2) is 77.2 Å². The Hall–Kier alpha value is -3.50. The van der Waals surface area contributed by atoms with E-state index >= 15 is 0 Å². The number of rotatable bonds is 9. The van der Waals surface area contributed by atoms with Gasteiger partial charge in [-0.25, -0.2) is 14.8 Å². The van der Waals surface area contributed by atoms with E-state index in [-0.39, 0.29) is 18.7 Å². The minimum Gasteiger partial charge on any atom is -0.491 e. The Morgan fingerprint density at radius 3 is 2.74 bits per heavy atom. The molecule has 10 nitrogen and oxygen atoms in total. The van der Waals surface area contributed by atoms with Crippen LogP contribution in [-0.2, 0) is 11.2 Å². The summed E-state index contributed by atoms with van der Waals surface area (Å²) in [6.45, 7) is 9.21. The zero-order valence-corrected chi connectivity index (χ0v) is 23.7. The maximum Gasteiger partial charge on any atom is 0.409 e. The van der Waals surface area contributed by atoms with Gasteiger partial charge in [0.1, 0.15) is 24.2 Å². The van der Waals surface area contributed by atoms with Crippen molar-refractivity contribution in [2.75, 3.05) is 33.9 Å². The molecule has 3 heterocycles. The molecular weight excluding hydrogens is 498 g/mol. The van der Waals surface area contributed by atoms with Gasteiger partial charge in [-0.05, 0) is 77.6 Å². The second-order valence-electron chi connectivity index (χ2n) is 10.3. The largest absolute Gasteiger partial charge is 0.491 e. The standard InChI is InChI=1S/C29H39N5O5/c1-17-12-21(10-11-34(17)29(36)37-6)13-25-18(2)27(26-19(3)33-39-20(26)4)32-28(31-25)22-8-7-9-24(14-22)38-16-23(35)15-30-5/h7-9,14,17,21,23,30,35H,10-13,15-16H2,1-6H3/t17?,21?,23-/m1/s1. The number of likely N-dealkylation sites (N-methyl/N-ethyl adjacent to an activating group) is 1. The van der Waals surface area contributed by atoms with E-state index in [0.717, 1.165) is 53.0 Å². The molecule has 210 valence electrons. The van der Waals surface area contributed by atoms with E-state index in [1.165, 1.54) is 7.11 Å². The van der Waals surface area contributed by atoms with Crippen molar-refractivity contribution < 1.29 is 23.9 Å². The van der Waals surface area contributed by atoms with Crippen molar-refractivity contribution >= 4 is 6.09 Å². The molecule has 0 spiro atoms. The average molecular weight is 538 g/mol. The lowest BCUT2D eigenvalue weighted by Crippen LogP contribution is -2.45. The molecule has 1 aromatic carbocycles. The van der Waals surface area contributed by atoms with E-state index in [9.17, 15) is 9.90 Å². The highest BCUT2D eigenvalue weighted by molar-refractivity contribution is 5.71. The van der Waals surface area contributed by atoms with Crippen molar-refractivity contribution in [3.8, 4) is 28.4 Å². The maximum atomic E-state index is 12.1. The van der Waals surface area contributed by atoms with Crippen LogP contribution in [0.2, 0.25) is 0 Å². The van der Waals surface area contributed by atoms with Gasteiger partial charge in [-0.2, -0.15) is 0 Å². The van der Waals surface area contributed by atoms with Gasteiger partial charge in [-0.15, -0.1) is 0 Å². The molecule has 1 aliphatic rings. The van der Waals surface area contributed by atoms with Crippen LogP contribution in [0.3, 0.4) is 0 Å². The Bertz CT molecular complexity index is 1270. The number of carbonyl (C=O) groups excluding carboxylic acids is 1. The number of piperidine rings is 1. The zero-order valence-electron chi connectivity index (χ0n) is 23.7. The molecule has 2 aromatic heterocycles. The predicted molar refractivity (Wildman–Crippen MR) is 148 cm³/mol. The van der Waals surface area contributed by atoms with Crippen LogP contribution in [0.1, 0.15) is 42.5 Å². The number of nitrogens with one attached hydrogen (secondary N) is 1. The van der Waals surface area contributed by atoms with Gasteiger partial charge in [0, 0.05) is 30.4 Å². The number of benzene rings is 1. The van der Waals surface area contributed by atoms with E-state index < -0.39 is 6.10 Å². The van der Waals surface area contributed by atoms with Crippen molar-refractivity contribution in [2.45, 2.75) is 59.1 Å². The summed E-state index contributed by atoms with van der Waals surface area (Å²) in [4.78, 5) is 24.0. The molecule has 2 N–H and O–H groups in total. The number of hydrogen-bond donors (Lipinski definition) is 2. The van der Waals surface area contributed by atoms with E-state index in [2.05, 4.69) is 24.3 Å². The Labute approximate surface area is 229 Å². The minimum atomic E-state index is -0.611. The SMILES string of the molecule is CNC[C@@H](O)COc1cccc(-c2nc(CC3CCN(C(=O)OC)C(C)C3)c(C)c(-c3c(C)noc3C)n2)c1. The molecule has 1 aliphatic heterocycles. The normalized spacial score (nSPS) is 18.2. The van der Waals surface area contributed by atoms with Crippen LogP contribution >= 0.6 is 0 Å². The van der Waals surface area contributed by atoms with Gasteiger partial charge < -0.3 is 29.3 Å². The first kappa shape index (κ1) is 28.5. The quantitative estimate of drug-likeness (QED) is 0.415. The molecule has 1 amide bonds. The van der Waals surface area contributed by atoms with Crippen molar-refractivity contribution in [3.63, 3.8) is 0 Å². The van der Waals surface area contributed by atoms with E-state index in [1.54, 1.807) is 11.9 Å². The average Bonchev–Trinajstić information content (AvgIpc) is 3.26. The van der Waals surface area contributed by atoms with Gasteiger partial charge in [0.05, 0.1) is 24.1 Å². The number of ether oxygens (including phenoxy) is 2. The van der Waals surface area contributed by atoms with Gasteiger partial charge in [0.25, 0.3) is 0 Å². The predicted octanol–water partition coefficient (Wildman–Crippen LogP) is 4.09. The summed E-state index contributed by atoms with van der Waals surface area (Å²) in [7, 11) is 3.21. The number of nitrogens with zero attached hydrogens (tertiary/aromatic N) is 4. The molecule has 3 aromatic rings. The fourth-order valence-electron chi connectivity index (χ4n) is 5.28. The topological polar surface area (TPSA) is 123 Å². The smallest absolute Gasteiger partial charge is 0.409 e. The Morgan fingerprint density at radius 2 is 2.08 bits per heavy atom. The third-order valence-corrected chi connectivity index (χ3v) is 7.37. The number of likely N-dealkylation sites (tertiary alicyclic amines) is 1. The number of aliphatic hydroxyl groups is 1. The molecule has 2 unspecified atom stereocenters. The van der Waals surface area contributed by atoms with Crippen LogP contribution in [0.4, 0.5) is 4.79 Å². The Balaban J connectivity index is 1.67. The highest BCUT2D eigenvalue weighted by atomic mass is 16.5. The molecule has 0 radical (unpaired) electrons. The first-order valence-electron chi connectivity index (χ1n) is 13.4. The molecule has 3 atom stereocenters. The second-order valence-corrected chi connectivity index (χ2v) is 10.3. The van der Waals surface area contributed by atoms with Crippen LogP contribution < -0.4 is 10.1 Å². The van der Waals surface area contributed by atoms with Gasteiger partial charge >= 0.3 is 6.09 Å². The summed E-state index contributed by atoms with van der Waals surface area (Å²) in [5, 5.41) is 17.1. The minimum absolute atomic E-state index is 0.0898. The van der Waals surface area contributed by atoms with Crippen molar-refractivity contribution in [1.29, 1.82) is 0 Å². The van der Waals surface area contributed by atoms with E-state index in [1.807, 2.05) is 38.1 Å². The van der Waals surface area contributed by atoms with Crippen LogP contribution in [0.15, 0.2) is 28.8 Å². The molecule has 1 fully saturated rings. The summed E-state index contributed by atoms with van der Waals surface area (Å²) in [6, 6.07) is 7.70. The van der Waals surface area contributed by atoms with Gasteiger partial charge in [-0.3, -0.25) is 0 Å². The molecule has 4 rings (SSSR count). The Morgan fingerprint density at radius 1 is 1.28 bits per heavy atom. The van der Waals surface area contributed by atoms with Crippen LogP contribution in [0.5, 0.6) is 5.75 Å². The van der Waals surface area contributed by atoms with Crippen LogP contribution in [0.25, 0.3) is 22.6 Å². The van der Waals surface area contributed by atoms with Crippen molar-refractivity contribution in [2.24, 2.45) is 5.92 Å². The summed E-state index contributed by atoms with van der Waals surface area (Å²) in [6.07, 6.45) is 1.62. The first-order valence-corrected chi connectivity index (χ1v) is 13.4. The summed E-state index contributed by atoms with van der Waals surface area (Å²) in [5.41, 5.74) is 5.25. The lowest BCUT2D eigenvalue weighted by atomic mass is 9.86. The van der Waals surface area contributed by atoms with Gasteiger partial charge in [-0.1, -0.05) is 17.3 Å². The summed E-state index contributed by atoms with van der Waals surface area (Å²) in [5.74, 6) is 2.30. The lowest BCUT2D eigenvalue weighted by Gasteiger charge is -2.36. The van der Waals surface area contributed by atoms with Crippen LogP contribution in [0, 0.1) is 26.7 Å². The zero-order chi connectivity index (χ0) is 28.1. The van der Waals surface area contributed by atoms with E-state index in [4.69, 9.17) is 24.0 Å². The number of methoxy groups -OCH3 is 1. The van der Waals surface area contributed by atoms with E-state index in [0.29, 0.717) is 36.3 Å². The van der Waals surface area contributed by atoms with Gasteiger partial charge in [0.2, 0.25) is 0 Å². The number of carbonyl (C=O) groups is 1. The molecule has 0 aliphatic carbocycles. The van der Waals surface area contributed by atoms with Gasteiger partial charge in [0.15, 0.2) is 5.82 Å². The number of aromatic nitrogens is 3. The molecule has 1 saturated heterocycles. The monoisotopic (exact) mass is 537 g/mol. The highest BCUT2D eigenvalue weighted by Gasteiger charge is 2.30. The first-order chi connectivity index (χ1) is 18.7. The number of amides is 1. The third kappa shape index (κ3) is 6.57. The molecule has 0 bridgehead atoms. The maximum absolute atomic E-state index is 12.1. The number of aliphatic hydroxyl groups excluding tert-OH is 1. The van der Waals surface area contributed by atoms with Crippen molar-refractivity contribution in [3.05, 3.63) is 47.0 Å². The second kappa shape index (κ2) is 12.6. The highest BCUT2D eigenvalue weighted by Crippen LogP contribution is 2.34. The number of hydrogen-bond acceptors (Lipinski definition) is 9. The summed E-state index contributed by atoms with van der Waals surface area (Å²) < 4.78 is 16.3. The summed E-state index contributed by atoms with van der Waals surface area (Å²) >= 11 is 0. The fourth-order valence-corrected chi connectivity index (χ4v) is 5.28. The molecule has 39 heavy (non-hydrogen) atoms.